The van der Waals surface area contributed by atoms with Crippen LogP contribution in [0.5, 0.6) is 0 Å². The smallest absolute Gasteiger partial charge is 0.169 e. The fourth-order valence-corrected chi connectivity index (χ4v) is 1.78. The van der Waals surface area contributed by atoms with Crippen molar-refractivity contribution < 1.29 is 4.79 Å². The molecule has 0 bridgehead atoms. The van der Waals surface area contributed by atoms with Crippen molar-refractivity contribution >= 4 is 18.4 Å². The topological polar surface area (TPSA) is 17.1 Å². The van der Waals surface area contributed by atoms with Gasteiger partial charge in [-0.25, -0.2) is 0 Å². The molecule has 0 aromatic carbocycles. The van der Waals surface area contributed by atoms with E-state index in [0.717, 1.165) is 12.0 Å². The average molecular weight is 170 g/mol. The van der Waals surface area contributed by atoms with Crippen molar-refractivity contribution in [3.63, 3.8) is 0 Å². The van der Waals surface area contributed by atoms with E-state index in [1.54, 1.807) is 0 Å². The molecule has 11 heavy (non-hydrogen) atoms. The largest absolute Gasteiger partial charge is 0.294 e. The molecule has 0 N–H and O–H groups in total. The van der Waals surface area contributed by atoms with Crippen molar-refractivity contribution in [3.05, 3.63) is 10.5 Å². The number of rotatable bonds is 0. The first-order chi connectivity index (χ1) is 4.92. The molecule has 0 unspecified atom stereocenters. The van der Waals surface area contributed by atoms with E-state index in [-0.39, 0.29) is 11.2 Å². The van der Waals surface area contributed by atoms with Gasteiger partial charge >= 0.3 is 0 Å². The van der Waals surface area contributed by atoms with Gasteiger partial charge in [0.2, 0.25) is 0 Å². The van der Waals surface area contributed by atoms with Crippen LogP contribution in [0, 0.1) is 5.41 Å². The molecule has 0 amide bonds. The van der Waals surface area contributed by atoms with Gasteiger partial charge in [0.1, 0.15) is 0 Å². The third-order valence-electron chi connectivity index (χ3n) is 2.05. The maximum absolute atomic E-state index is 11.3. The van der Waals surface area contributed by atoms with Crippen LogP contribution in [0.4, 0.5) is 0 Å². The summed E-state index contributed by atoms with van der Waals surface area (Å²) in [4.78, 5) is 12.0. The first kappa shape index (κ1) is 8.85. The number of ketones is 1. The Morgan fingerprint density at radius 3 is 2.36 bits per heavy atom. The third kappa shape index (κ3) is 1.86. The van der Waals surface area contributed by atoms with E-state index in [9.17, 15) is 4.79 Å². The molecule has 0 aromatic heterocycles. The van der Waals surface area contributed by atoms with Crippen LogP contribution >= 0.6 is 12.6 Å². The van der Waals surface area contributed by atoms with Gasteiger partial charge in [-0.3, -0.25) is 4.79 Å². The van der Waals surface area contributed by atoms with Gasteiger partial charge in [-0.2, -0.15) is 0 Å². The number of carbonyl (C=O) groups excluding carboxylic acids is 1. The maximum Gasteiger partial charge on any atom is 0.169 e. The van der Waals surface area contributed by atoms with E-state index in [1.807, 2.05) is 6.92 Å². The van der Waals surface area contributed by atoms with Crippen molar-refractivity contribution in [3.8, 4) is 0 Å². The SMILES string of the molecule is CC1=C(S)C(=O)CC(C)(C)C1. The van der Waals surface area contributed by atoms with Gasteiger partial charge in [-0.05, 0) is 18.8 Å². The lowest BCUT2D eigenvalue weighted by Gasteiger charge is -2.29. The van der Waals surface area contributed by atoms with Crippen LogP contribution in [0.25, 0.3) is 0 Å². The molecule has 0 radical (unpaired) electrons. The zero-order chi connectivity index (χ0) is 8.65. The number of thiol groups is 1. The van der Waals surface area contributed by atoms with E-state index in [1.165, 1.54) is 0 Å². The molecule has 0 saturated heterocycles. The molecule has 1 rings (SSSR count). The molecule has 2 heteroatoms. The van der Waals surface area contributed by atoms with Gasteiger partial charge < -0.3 is 0 Å². The summed E-state index contributed by atoms with van der Waals surface area (Å²) in [6.45, 7) is 6.23. The van der Waals surface area contributed by atoms with Crippen molar-refractivity contribution in [2.45, 2.75) is 33.6 Å². The van der Waals surface area contributed by atoms with Crippen LogP contribution in [0.1, 0.15) is 33.6 Å². The second-order valence-electron chi connectivity index (χ2n) is 4.07. The Hall–Kier alpha value is -0.240. The molecular formula is C9H14OS. The Balaban J connectivity index is 2.94. The van der Waals surface area contributed by atoms with Crippen molar-refractivity contribution in [1.82, 2.24) is 0 Å². The van der Waals surface area contributed by atoms with Gasteiger partial charge in [-0.1, -0.05) is 19.4 Å². The second-order valence-corrected chi connectivity index (χ2v) is 4.52. The number of allylic oxidation sites excluding steroid dienone is 2. The van der Waals surface area contributed by atoms with Gasteiger partial charge in [0, 0.05) is 11.3 Å². The Morgan fingerprint density at radius 1 is 1.36 bits per heavy atom. The van der Waals surface area contributed by atoms with Crippen LogP contribution in [0.3, 0.4) is 0 Å². The minimum Gasteiger partial charge on any atom is -0.294 e. The fourth-order valence-electron chi connectivity index (χ4n) is 1.62. The number of Topliss-reactive ketones (excluding diaryl/α,β-unsaturated/α-hetero) is 1. The summed E-state index contributed by atoms with van der Waals surface area (Å²) >= 11 is 4.16. The van der Waals surface area contributed by atoms with Crippen LogP contribution in [-0.4, -0.2) is 5.78 Å². The van der Waals surface area contributed by atoms with Crippen molar-refractivity contribution in [2.75, 3.05) is 0 Å². The predicted molar refractivity (Wildman–Crippen MR) is 49.7 cm³/mol. The average Bonchev–Trinajstić information content (AvgIpc) is 1.81. The second kappa shape index (κ2) is 2.67. The summed E-state index contributed by atoms with van der Waals surface area (Å²) in [7, 11) is 0. The molecule has 0 heterocycles. The third-order valence-corrected chi connectivity index (χ3v) is 2.68. The standard InChI is InChI=1S/C9H14OS/c1-6-4-9(2,3)5-7(10)8(6)11/h11H,4-5H2,1-3H3. The van der Waals surface area contributed by atoms with Crippen molar-refractivity contribution in [2.24, 2.45) is 5.41 Å². The Labute approximate surface area is 73.3 Å². The molecule has 1 nitrogen and oxygen atoms in total. The summed E-state index contributed by atoms with van der Waals surface area (Å²) < 4.78 is 0. The van der Waals surface area contributed by atoms with Gasteiger partial charge in [-0.15, -0.1) is 12.6 Å². The van der Waals surface area contributed by atoms with E-state index < -0.39 is 0 Å². The Kier molecular flexibility index (Phi) is 2.15. The molecule has 0 fully saturated rings. The summed E-state index contributed by atoms with van der Waals surface area (Å²) in [5, 5.41) is 0. The molecule has 0 aromatic rings. The Bertz CT molecular complexity index is 226. The van der Waals surface area contributed by atoms with Gasteiger partial charge in [0.25, 0.3) is 0 Å². The number of carbonyl (C=O) groups is 1. The predicted octanol–water partition coefficient (Wildman–Crippen LogP) is 2.58. The van der Waals surface area contributed by atoms with Crippen LogP contribution < -0.4 is 0 Å². The molecule has 1 aliphatic carbocycles. The highest BCUT2D eigenvalue weighted by atomic mass is 32.1. The van der Waals surface area contributed by atoms with Crippen LogP contribution in [0.15, 0.2) is 10.5 Å². The monoisotopic (exact) mass is 170 g/mol. The lowest BCUT2D eigenvalue weighted by Crippen LogP contribution is -2.23. The molecule has 62 valence electrons. The lowest BCUT2D eigenvalue weighted by molar-refractivity contribution is -0.117. The van der Waals surface area contributed by atoms with E-state index in [2.05, 4.69) is 26.5 Å². The summed E-state index contributed by atoms with van der Waals surface area (Å²) in [6, 6.07) is 0. The lowest BCUT2D eigenvalue weighted by atomic mass is 9.77. The van der Waals surface area contributed by atoms with E-state index in [0.29, 0.717) is 11.3 Å². The fraction of sp³-hybridized carbons (Fsp3) is 0.667. The maximum atomic E-state index is 11.3. The molecular weight excluding hydrogens is 156 g/mol. The normalized spacial score (nSPS) is 24.2. The van der Waals surface area contributed by atoms with E-state index in [4.69, 9.17) is 0 Å². The van der Waals surface area contributed by atoms with E-state index >= 15 is 0 Å². The van der Waals surface area contributed by atoms with Crippen molar-refractivity contribution in [1.29, 1.82) is 0 Å². The highest BCUT2D eigenvalue weighted by molar-refractivity contribution is 7.85. The summed E-state index contributed by atoms with van der Waals surface area (Å²) in [5.41, 5.74) is 1.28. The van der Waals surface area contributed by atoms with Crippen LogP contribution in [-0.2, 0) is 4.79 Å². The first-order valence-electron chi connectivity index (χ1n) is 3.84. The number of hydrogen-bond acceptors (Lipinski definition) is 2. The number of hydrogen-bond donors (Lipinski definition) is 1. The molecule has 0 spiro atoms. The van der Waals surface area contributed by atoms with Gasteiger partial charge in [0.15, 0.2) is 5.78 Å². The minimum absolute atomic E-state index is 0.146. The zero-order valence-electron chi connectivity index (χ0n) is 7.27. The zero-order valence-corrected chi connectivity index (χ0v) is 8.16. The van der Waals surface area contributed by atoms with Crippen LogP contribution in [0.2, 0.25) is 0 Å². The first-order valence-corrected chi connectivity index (χ1v) is 4.29. The van der Waals surface area contributed by atoms with Gasteiger partial charge in [0.05, 0.1) is 0 Å². The highest BCUT2D eigenvalue weighted by Crippen LogP contribution is 2.37. The minimum atomic E-state index is 0.146. The molecule has 0 saturated carbocycles. The Morgan fingerprint density at radius 2 is 1.91 bits per heavy atom. The molecule has 0 aliphatic heterocycles. The molecule has 0 atom stereocenters. The quantitative estimate of drug-likeness (QED) is 0.553. The summed E-state index contributed by atoms with van der Waals surface area (Å²) in [6.07, 6.45) is 1.64. The molecule has 1 aliphatic rings. The highest BCUT2D eigenvalue weighted by Gasteiger charge is 2.29. The summed E-state index contributed by atoms with van der Waals surface area (Å²) in [5.74, 6) is 0.196.